The molecule has 0 fully saturated rings. The van der Waals surface area contributed by atoms with Crippen molar-refractivity contribution in [3.8, 4) is 0 Å². The summed E-state index contributed by atoms with van der Waals surface area (Å²) >= 11 is 0. The Bertz CT molecular complexity index is 234. The van der Waals surface area contributed by atoms with Gasteiger partial charge in [0.05, 0.1) is 5.97 Å². The van der Waals surface area contributed by atoms with Crippen LogP contribution in [0.3, 0.4) is 0 Å². The molecule has 3 N–H and O–H groups in total. The van der Waals surface area contributed by atoms with Crippen molar-refractivity contribution in [3.05, 3.63) is 0 Å². The zero-order valence-electron chi connectivity index (χ0n) is 7.31. The summed E-state index contributed by atoms with van der Waals surface area (Å²) in [4.78, 5) is 30.0. The monoisotopic (exact) mass is 415 g/mol. The topological polar surface area (TPSA) is 172 Å². The van der Waals surface area contributed by atoms with Gasteiger partial charge in [0.1, 0.15) is 5.60 Å². The molecule has 84 valence electrons. The van der Waals surface area contributed by atoms with Crippen LogP contribution in [0, 0.1) is 0 Å². The molecule has 0 heterocycles. The Labute approximate surface area is 104 Å². The molecule has 0 aliphatic carbocycles. The van der Waals surface area contributed by atoms with E-state index < -0.39 is 36.4 Å². The van der Waals surface area contributed by atoms with E-state index in [2.05, 4.69) is 0 Å². The van der Waals surface area contributed by atoms with Crippen molar-refractivity contribution in [1.29, 1.82) is 0 Å². The SMILES string of the molecule is O.O=C([O-])CC(O)(CC(=O)[O-])C(=O)[O-].[Pb+2]. The van der Waals surface area contributed by atoms with Crippen LogP contribution in [0.2, 0.25) is 0 Å². The first-order chi connectivity index (χ1) is 5.78. The first kappa shape index (κ1) is 19.8. The van der Waals surface area contributed by atoms with Gasteiger partial charge < -0.3 is 40.3 Å². The van der Waals surface area contributed by atoms with Gasteiger partial charge in [0.15, 0.2) is 0 Å². The van der Waals surface area contributed by atoms with Crippen LogP contribution in [0.15, 0.2) is 0 Å². The Balaban J connectivity index is -0.000000720. The third kappa shape index (κ3) is 7.21. The Morgan fingerprint density at radius 2 is 1.27 bits per heavy atom. The predicted molar refractivity (Wildman–Crippen MR) is 38.6 cm³/mol. The van der Waals surface area contributed by atoms with Crippen molar-refractivity contribution < 1.29 is 40.3 Å². The van der Waals surface area contributed by atoms with Crippen LogP contribution in [-0.4, -0.2) is 61.4 Å². The fourth-order valence-corrected chi connectivity index (χ4v) is 0.684. The van der Waals surface area contributed by atoms with Gasteiger partial charge in [-0.1, -0.05) is 0 Å². The van der Waals surface area contributed by atoms with Crippen LogP contribution in [0.5, 0.6) is 0 Å². The molecule has 0 saturated heterocycles. The number of carbonyl (C=O) groups excluding carboxylic acids is 3. The zero-order valence-corrected chi connectivity index (χ0v) is 11.2. The van der Waals surface area contributed by atoms with Gasteiger partial charge >= 0.3 is 27.3 Å². The minimum absolute atomic E-state index is 0. The molecule has 0 aromatic carbocycles. The third-order valence-corrected chi connectivity index (χ3v) is 1.25. The Morgan fingerprint density at radius 3 is 1.40 bits per heavy atom. The molecule has 2 radical (unpaired) electrons. The molecule has 15 heavy (non-hydrogen) atoms. The van der Waals surface area contributed by atoms with Gasteiger partial charge in [0.2, 0.25) is 0 Å². The molecule has 0 bridgehead atoms. The fraction of sp³-hybridized carbons (Fsp3) is 0.500. The largest absolute Gasteiger partial charge is 2.00 e. The molecule has 0 saturated carbocycles. The maximum atomic E-state index is 10.1. The third-order valence-electron chi connectivity index (χ3n) is 1.25. The van der Waals surface area contributed by atoms with E-state index in [9.17, 15) is 29.7 Å². The molecule has 0 aliphatic rings. The summed E-state index contributed by atoms with van der Waals surface area (Å²) in [5.74, 6) is -5.98. The Morgan fingerprint density at radius 1 is 1.00 bits per heavy atom. The molecular weight excluding hydrogens is 407 g/mol. The Kier molecular flexibility index (Phi) is 9.93. The number of hydrogen-bond acceptors (Lipinski definition) is 7. The van der Waals surface area contributed by atoms with Crippen LogP contribution >= 0.6 is 0 Å². The van der Waals surface area contributed by atoms with E-state index in [0.717, 1.165) is 0 Å². The van der Waals surface area contributed by atoms with E-state index in [0.29, 0.717) is 0 Å². The summed E-state index contributed by atoms with van der Waals surface area (Å²) in [5.41, 5.74) is -2.97. The zero-order chi connectivity index (χ0) is 10.6. The average Bonchev–Trinajstić information content (AvgIpc) is 1.82. The maximum absolute atomic E-state index is 10.1. The van der Waals surface area contributed by atoms with E-state index in [1.54, 1.807) is 0 Å². The standard InChI is InChI=1S/C6H8O7.H2O.Pb/c7-3(8)1-6(13,5(11)12)2-4(9)10;;/h13H,1-2H2,(H,7,8)(H,9,10)(H,11,12);1H2;/q;;+2/p-3. The van der Waals surface area contributed by atoms with Gasteiger partial charge in [0, 0.05) is 24.8 Å². The van der Waals surface area contributed by atoms with Gasteiger partial charge in [-0.05, 0) is 0 Å². The molecule has 0 spiro atoms. The summed E-state index contributed by atoms with van der Waals surface area (Å²) in [6.45, 7) is 0. The summed E-state index contributed by atoms with van der Waals surface area (Å²) in [7, 11) is 0. The van der Waals surface area contributed by atoms with E-state index in [1.165, 1.54) is 0 Å². The number of aliphatic hydroxyl groups is 1. The van der Waals surface area contributed by atoms with Gasteiger partial charge in [-0.25, -0.2) is 0 Å². The first-order valence-corrected chi connectivity index (χ1v) is 3.11. The molecule has 8 nitrogen and oxygen atoms in total. The number of carbonyl (C=O) groups is 3. The van der Waals surface area contributed by atoms with Gasteiger partial charge in [-0.3, -0.25) is 0 Å². The first-order valence-electron chi connectivity index (χ1n) is 3.11. The molecule has 0 aliphatic heterocycles. The second-order valence-corrected chi connectivity index (χ2v) is 2.42. The fourth-order valence-electron chi connectivity index (χ4n) is 0.684. The predicted octanol–water partition coefficient (Wildman–Crippen LogP) is -6.46. The van der Waals surface area contributed by atoms with Crippen molar-refractivity contribution in [2.24, 2.45) is 0 Å². The van der Waals surface area contributed by atoms with Gasteiger partial charge in [-0.15, -0.1) is 0 Å². The van der Waals surface area contributed by atoms with Crippen molar-refractivity contribution in [1.82, 2.24) is 0 Å². The number of hydrogen-bond donors (Lipinski definition) is 1. The minimum Gasteiger partial charge on any atom is -0.550 e. The smallest absolute Gasteiger partial charge is 0.550 e. The van der Waals surface area contributed by atoms with Crippen molar-refractivity contribution in [2.45, 2.75) is 18.4 Å². The normalized spacial score (nSPS) is 9.40. The number of carboxylic acids is 3. The van der Waals surface area contributed by atoms with E-state index in [-0.39, 0.29) is 32.8 Å². The Hall–Kier alpha value is -0.748. The average molecular weight is 414 g/mol. The molecule has 0 unspecified atom stereocenters. The summed E-state index contributed by atoms with van der Waals surface area (Å²) in [6.07, 6.45) is -2.72. The molecule has 9 heteroatoms. The maximum Gasteiger partial charge on any atom is 2.00 e. The summed E-state index contributed by atoms with van der Waals surface area (Å²) in [5, 5.41) is 38.9. The molecule has 0 amide bonds. The van der Waals surface area contributed by atoms with E-state index in [1.807, 2.05) is 0 Å². The molecular formula is C6H7O8Pb-. The molecule has 0 rings (SSSR count). The molecule has 0 aromatic heterocycles. The van der Waals surface area contributed by atoms with E-state index in [4.69, 9.17) is 5.11 Å². The summed E-state index contributed by atoms with van der Waals surface area (Å²) in [6, 6.07) is 0. The minimum atomic E-state index is -2.97. The van der Waals surface area contributed by atoms with Crippen molar-refractivity contribution >= 4 is 45.2 Å². The van der Waals surface area contributed by atoms with Crippen LogP contribution in [0.4, 0.5) is 0 Å². The van der Waals surface area contributed by atoms with Crippen LogP contribution in [0.1, 0.15) is 12.8 Å². The van der Waals surface area contributed by atoms with Gasteiger partial charge in [0.25, 0.3) is 0 Å². The van der Waals surface area contributed by atoms with Crippen LogP contribution < -0.4 is 15.3 Å². The molecule has 0 aromatic rings. The van der Waals surface area contributed by atoms with Gasteiger partial charge in [-0.2, -0.15) is 0 Å². The second kappa shape index (κ2) is 7.53. The quantitative estimate of drug-likeness (QED) is 0.436. The second-order valence-electron chi connectivity index (χ2n) is 2.42. The number of aliphatic carboxylic acids is 3. The van der Waals surface area contributed by atoms with Crippen molar-refractivity contribution in [3.63, 3.8) is 0 Å². The number of carboxylic acid groups (broad SMARTS) is 3. The number of rotatable bonds is 5. The summed E-state index contributed by atoms with van der Waals surface area (Å²) < 4.78 is 0. The van der Waals surface area contributed by atoms with Crippen LogP contribution in [-0.2, 0) is 14.4 Å². The van der Waals surface area contributed by atoms with Crippen molar-refractivity contribution in [2.75, 3.05) is 0 Å². The van der Waals surface area contributed by atoms with Crippen LogP contribution in [0.25, 0.3) is 0 Å². The molecule has 0 atom stereocenters. The van der Waals surface area contributed by atoms with E-state index >= 15 is 0 Å².